The van der Waals surface area contributed by atoms with Crippen LogP contribution in [0.5, 0.6) is 11.5 Å². The van der Waals surface area contributed by atoms with E-state index >= 15 is 0 Å². The zero-order valence-corrected chi connectivity index (χ0v) is 13.6. The number of aromatic nitrogens is 2. The topological polar surface area (TPSA) is 56.5 Å². The summed E-state index contributed by atoms with van der Waals surface area (Å²) in [5.74, 6) is 1.60. The van der Waals surface area contributed by atoms with E-state index in [1.165, 1.54) is 0 Å². The van der Waals surface area contributed by atoms with Crippen LogP contribution in [0, 0.1) is 0 Å². The van der Waals surface area contributed by atoms with Crippen molar-refractivity contribution in [2.45, 2.75) is 13.2 Å². The van der Waals surface area contributed by atoms with Gasteiger partial charge in [-0.25, -0.2) is 0 Å². The van der Waals surface area contributed by atoms with Crippen LogP contribution in [0.1, 0.15) is 5.56 Å². The average Bonchev–Trinajstić information content (AvgIpc) is 3.09. The molecule has 0 unspecified atom stereocenters. The Labute approximate surface area is 141 Å². The van der Waals surface area contributed by atoms with Gasteiger partial charge in [-0.2, -0.15) is 5.10 Å². The van der Waals surface area contributed by atoms with Crippen molar-refractivity contribution in [2.24, 2.45) is 0 Å². The SMILES string of the molecule is COc1ccccc1COc1ccccc1-c1cnn(CCO)c1. The Morgan fingerprint density at radius 2 is 1.79 bits per heavy atom. The van der Waals surface area contributed by atoms with Gasteiger partial charge in [0.25, 0.3) is 0 Å². The van der Waals surface area contributed by atoms with Crippen LogP contribution < -0.4 is 9.47 Å². The number of benzene rings is 2. The Morgan fingerprint density at radius 1 is 1.04 bits per heavy atom. The molecular weight excluding hydrogens is 304 g/mol. The van der Waals surface area contributed by atoms with Gasteiger partial charge in [0.2, 0.25) is 0 Å². The Kier molecular flexibility index (Phi) is 5.13. The van der Waals surface area contributed by atoms with E-state index in [1.54, 1.807) is 18.0 Å². The molecule has 0 aliphatic rings. The first-order valence-electron chi connectivity index (χ1n) is 7.79. The lowest BCUT2D eigenvalue weighted by Crippen LogP contribution is -2.01. The van der Waals surface area contributed by atoms with Gasteiger partial charge in [0, 0.05) is 22.9 Å². The lowest BCUT2D eigenvalue weighted by molar-refractivity contribution is 0.269. The largest absolute Gasteiger partial charge is 0.496 e. The van der Waals surface area contributed by atoms with E-state index in [0.717, 1.165) is 28.2 Å². The van der Waals surface area contributed by atoms with Crippen molar-refractivity contribution in [2.75, 3.05) is 13.7 Å². The fraction of sp³-hybridized carbons (Fsp3) is 0.211. The van der Waals surface area contributed by atoms with Gasteiger partial charge >= 0.3 is 0 Å². The molecule has 5 heteroatoms. The summed E-state index contributed by atoms with van der Waals surface area (Å²) < 4.78 is 13.1. The van der Waals surface area contributed by atoms with Crippen molar-refractivity contribution in [1.29, 1.82) is 0 Å². The summed E-state index contributed by atoms with van der Waals surface area (Å²) in [4.78, 5) is 0. The molecule has 0 saturated heterocycles. The van der Waals surface area contributed by atoms with E-state index in [4.69, 9.17) is 14.6 Å². The molecule has 1 heterocycles. The van der Waals surface area contributed by atoms with E-state index in [-0.39, 0.29) is 6.61 Å². The fourth-order valence-electron chi connectivity index (χ4n) is 2.54. The molecule has 124 valence electrons. The molecule has 0 aliphatic carbocycles. The summed E-state index contributed by atoms with van der Waals surface area (Å²) in [5.41, 5.74) is 2.92. The van der Waals surface area contributed by atoms with E-state index in [2.05, 4.69) is 5.10 Å². The molecule has 0 spiro atoms. The number of rotatable bonds is 7. The first-order valence-corrected chi connectivity index (χ1v) is 7.79. The van der Waals surface area contributed by atoms with Crippen LogP contribution in [-0.4, -0.2) is 28.6 Å². The molecule has 0 fully saturated rings. The molecule has 0 amide bonds. The first kappa shape index (κ1) is 16.1. The van der Waals surface area contributed by atoms with Gasteiger partial charge in [0.15, 0.2) is 0 Å². The molecule has 0 saturated carbocycles. The zero-order valence-electron chi connectivity index (χ0n) is 13.6. The number of ether oxygens (including phenoxy) is 2. The Morgan fingerprint density at radius 3 is 2.58 bits per heavy atom. The maximum absolute atomic E-state index is 9.02. The monoisotopic (exact) mass is 324 g/mol. The van der Waals surface area contributed by atoms with Gasteiger partial charge in [0.1, 0.15) is 18.1 Å². The highest BCUT2D eigenvalue weighted by Crippen LogP contribution is 2.30. The van der Waals surface area contributed by atoms with E-state index < -0.39 is 0 Å². The van der Waals surface area contributed by atoms with Gasteiger partial charge in [-0.3, -0.25) is 4.68 Å². The molecule has 5 nitrogen and oxygen atoms in total. The van der Waals surface area contributed by atoms with Crippen LogP contribution in [0.15, 0.2) is 60.9 Å². The summed E-state index contributed by atoms with van der Waals surface area (Å²) in [5, 5.41) is 13.3. The summed E-state index contributed by atoms with van der Waals surface area (Å²) >= 11 is 0. The third-order valence-corrected chi connectivity index (χ3v) is 3.74. The minimum Gasteiger partial charge on any atom is -0.496 e. The molecule has 1 N–H and O–H groups in total. The van der Waals surface area contributed by atoms with Crippen LogP contribution >= 0.6 is 0 Å². The standard InChI is InChI=1S/C19H20N2O3/c1-23-18-8-4-2-6-15(18)14-24-19-9-5-3-7-17(19)16-12-20-21(13-16)10-11-22/h2-9,12-13,22H,10-11,14H2,1H3. The van der Waals surface area contributed by atoms with E-state index in [1.807, 2.05) is 54.7 Å². The van der Waals surface area contributed by atoms with Crippen LogP contribution in [0.2, 0.25) is 0 Å². The van der Waals surface area contributed by atoms with Crippen molar-refractivity contribution >= 4 is 0 Å². The number of aliphatic hydroxyl groups is 1. The molecule has 3 rings (SSSR count). The average molecular weight is 324 g/mol. The number of nitrogens with zero attached hydrogens (tertiary/aromatic N) is 2. The lowest BCUT2D eigenvalue weighted by atomic mass is 10.1. The lowest BCUT2D eigenvalue weighted by Gasteiger charge is -2.12. The van der Waals surface area contributed by atoms with Gasteiger partial charge in [-0.15, -0.1) is 0 Å². The van der Waals surface area contributed by atoms with Crippen LogP contribution in [-0.2, 0) is 13.2 Å². The molecule has 0 radical (unpaired) electrons. The third kappa shape index (κ3) is 3.58. The highest BCUT2D eigenvalue weighted by Gasteiger charge is 2.10. The zero-order chi connectivity index (χ0) is 16.8. The summed E-state index contributed by atoms with van der Waals surface area (Å²) in [7, 11) is 1.66. The molecule has 0 bridgehead atoms. The minimum absolute atomic E-state index is 0.0626. The molecule has 0 atom stereocenters. The number of para-hydroxylation sites is 2. The van der Waals surface area contributed by atoms with Gasteiger partial charge in [0.05, 0.1) is 26.5 Å². The van der Waals surface area contributed by atoms with Crippen molar-refractivity contribution in [3.8, 4) is 22.6 Å². The second-order valence-electron chi connectivity index (χ2n) is 5.31. The normalized spacial score (nSPS) is 10.6. The number of aliphatic hydroxyl groups excluding tert-OH is 1. The molecule has 0 aliphatic heterocycles. The maximum atomic E-state index is 9.02. The molecule has 3 aromatic rings. The number of hydrogen-bond donors (Lipinski definition) is 1. The Balaban J connectivity index is 1.81. The van der Waals surface area contributed by atoms with Crippen molar-refractivity contribution in [3.63, 3.8) is 0 Å². The predicted molar refractivity (Wildman–Crippen MR) is 92.1 cm³/mol. The van der Waals surface area contributed by atoms with Crippen LogP contribution in [0.3, 0.4) is 0 Å². The van der Waals surface area contributed by atoms with Crippen molar-refractivity contribution in [3.05, 3.63) is 66.5 Å². The molecule has 24 heavy (non-hydrogen) atoms. The van der Waals surface area contributed by atoms with Crippen LogP contribution in [0.4, 0.5) is 0 Å². The number of hydrogen-bond acceptors (Lipinski definition) is 4. The minimum atomic E-state index is 0.0626. The van der Waals surface area contributed by atoms with Crippen molar-refractivity contribution in [1.82, 2.24) is 9.78 Å². The summed E-state index contributed by atoms with van der Waals surface area (Å²) in [6.07, 6.45) is 3.68. The Hall–Kier alpha value is -2.79. The fourth-order valence-corrected chi connectivity index (χ4v) is 2.54. The van der Waals surface area contributed by atoms with Gasteiger partial charge < -0.3 is 14.6 Å². The van der Waals surface area contributed by atoms with E-state index in [9.17, 15) is 0 Å². The van der Waals surface area contributed by atoms with E-state index in [0.29, 0.717) is 13.2 Å². The highest BCUT2D eigenvalue weighted by atomic mass is 16.5. The summed E-state index contributed by atoms with van der Waals surface area (Å²) in [6, 6.07) is 15.7. The van der Waals surface area contributed by atoms with Gasteiger partial charge in [-0.1, -0.05) is 36.4 Å². The molecule has 1 aromatic heterocycles. The third-order valence-electron chi connectivity index (χ3n) is 3.74. The van der Waals surface area contributed by atoms with Gasteiger partial charge in [-0.05, 0) is 12.1 Å². The predicted octanol–water partition coefficient (Wildman–Crippen LogP) is 3.13. The maximum Gasteiger partial charge on any atom is 0.127 e. The quantitative estimate of drug-likeness (QED) is 0.725. The molecular formula is C19H20N2O3. The molecule has 2 aromatic carbocycles. The second-order valence-corrected chi connectivity index (χ2v) is 5.31. The smallest absolute Gasteiger partial charge is 0.127 e. The first-order chi connectivity index (χ1) is 11.8. The highest BCUT2D eigenvalue weighted by molar-refractivity contribution is 5.69. The summed E-state index contributed by atoms with van der Waals surface area (Å²) in [6.45, 7) is 0.961. The Bertz CT molecular complexity index is 799. The second kappa shape index (κ2) is 7.66. The van der Waals surface area contributed by atoms with Crippen LogP contribution in [0.25, 0.3) is 11.1 Å². The number of methoxy groups -OCH3 is 1. The van der Waals surface area contributed by atoms with Crippen molar-refractivity contribution < 1.29 is 14.6 Å².